The molecule has 0 spiro atoms. The van der Waals surface area contributed by atoms with Crippen LogP contribution in [0.5, 0.6) is 0 Å². The third kappa shape index (κ3) is 17.5. The van der Waals surface area contributed by atoms with E-state index in [4.69, 9.17) is 9.47 Å². The topological polar surface area (TPSA) is 69.7 Å². The zero-order chi connectivity index (χ0) is 20.3. The van der Waals surface area contributed by atoms with Crippen molar-refractivity contribution in [3.8, 4) is 0 Å². The van der Waals surface area contributed by atoms with Gasteiger partial charge in [-0.25, -0.2) is 9.59 Å². The van der Waals surface area contributed by atoms with Gasteiger partial charge in [0.15, 0.2) is 11.9 Å². The monoisotopic (exact) mass is 382 g/mol. The number of rotatable bonds is 17. The van der Waals surface area contributed by atoms with Gasteiger partial charge in [-0.2, -0.15) is 0 Å². The molecule has 0 fully saturated rings. The third-order valence-corrected chi connectivity index (χ3v) is 4.46. The number of Topliss-reactive ketones (excluding diaryl/α,β-unsaturated/α-hetero) is 1. The highest BCUT2D eigenvalue weighted by atomic mass is 16.5. The van der Waals surface area contributed by atoms with E-state index >= 15 is 0 Å². The van der Waals surface area contributed by atoms with Crippen LogP contribution in [0.25, 0.3) is 0 Å². The molecule has 0 aromatic carbocycles. The lowest BCUT2D eigenvalue weighted by atomic mass is 10.1. The SMILES string of the molecule is CCCCCCCCCCCCCCOC(=O)/C=C/C(=O)OC(C)C(C)=O. The Balaban J connectivity index is 3.47. The summed E-state index contributed by atoms with van der Waals surface area (Å²) < 4.78 is 9.84. The molecule has 0 saturated carbocycles. The van der Waals surface area contributed by atoms with Crippen molar-refractivity contribution in [2.75, 3.05) is 6.61 Å². The number of hydrogen-bond donors (Lipinski definition) is 0. The van der Waals surface area contributed by atoms with Gasteiger partial charge in [0.1, 0.15) is 0 Å². The van der Waals surface area contributed by atoms with Crippen LogP contribution in [-0.2, 0) is 23.9 Å². The Bertz CT molecular complexity index is 442. The molecule has 156 valence electrons. The van der Waals surface area contributed by atoms with Gasteiger partial charge in [0.25, 0.3) is 0 Å². The fourth-order valence-electron chi connectivity index (χ4n) is 2.60. The zero-order valence-corrected chi connectivity index (χ0v) is 17.5. The molecule has 0 radical (unpaired) electrons. The Morgan fingerprint density at radius 2 is 1.19 bits per heavy atom. The zero-order valence-electron chi connectivity index (χ0n) is 17.5. The predicted octanol–water partition coefficient (Wildman–Crippen LogP) is 5.31. The summed E-state index contributed by atoms with van der Waals surface area (Å²) in [7, 11) is 0. The second kappa shape index (κ2) is 17.7. The summed E-state index contributed by atoms with van der Waals surface area (Å²) in [6.07, 6.45) is 16.3. The van der Waals surface area contributed by atoms with Crippen molar-refractivity contribution in [3.05, 3.63) is 12.2 Å². The Hall–Kier alpha value is -1.65. The van der Waals surface area contributed by atoms with Crippen LogP contribution in [0.4, 0.5) is 0 Å². The maximum atomic E-state index is 11.5. The van der Waals surface area contributed by atoms with Crippen LogP contribution in [0.2, 0.25) is 0 Å². The molecule has 0 aliphatic heterocycles. The van der Waals surface area contributed by atoms with Gasteiger partial charge in [0, 0.05) is 12.2 Å². The molecule has 0 saturated heterocycles. The van der Waals surface area contributed by atoms with E-state index in [1.54, 1.807) is 0 Å². The van der Waals surface area contributed by atoms with E-state index < -0.39 is 18.0 Å². The molecule has 0 aliphatic rings. The first-order valence-corrected chi connectivity index (χ1v) is 10.5. The quantitative estimate of drug-likeness (QED) is 0.194. The van der Waals surface area contributed by atoms with E-state index in [0.717, 1.165) is 25.0 Å². The number of unbranched alkanes of at least 4 members (excludes halogenated alkanes) is 11. The van der Waals surface area contributed by atoms with E-state index in [1.165, 1.54) is 78.1 Å². The maximum absolute atomic E-state index is 11.5. The molecule has 5 heteroatoms. The molecule has 5 nitrogen and oxygen atoms in total. The third-order valence-electron chi connectivity index (χ3n) is 4.46. The Kier molecular flexibility index (Phi) is 16.7. The fraction of sp³-hybridized carbons (Fsp3) is 0.773. The number of hydrogen-bond acceptors (Lipinski definition) is 5. The second-order valence-corrected chi connectivity index (χ2v) is 7.08. The normalized spacial score (nSPS) is 12.1. The van der Waals surface area contributed by atoms with Crippen LogP contribution in [0, 0.1) is 0 Å². The fourth-order valence-corrected chi connectivity index (χ4v) is 2.60. The predicted molar refractivity (Wildman–Crippen MR) is 107 cm³/mol. The van der Waals surface area contributed by atoms with Gasteiger partial charge in [-0.15, -0.1) is 0 Å². The van der Waals surface area contributed by atoms with Crippen LogP contribution in [-0.4, -0.2) is 30.4 Å². The van der Waals surface area contributed by atoms with Crippen LogP contribution in [0.15, 0.2) is 12.2 Å². The lowest BCUT2D eigenvalue weighted by Gasteiger charge is -2.07. The first-order valence-electron chi connectivity index (χ1n) is 10.5. The van der Waals surface area contributed by atoms with Crippen molar-refractivity contribution >= 4 is 17.7 Å². The van der Waals surface area contributed by atoms with Gasteiger partial charge in [-0.3, -0.25) is 4.79 Å². The van der Waals surface area contributed by atoms with Gasteiger partial charge < -0.3 is 9.47 Å². The summed E-state index contributed by atoms with van der Waals surface area (Å²) in [5.74, 6) is -1.53. The Morgan fingerprint density at radius 1 is 0.741 bits per heavy atom. The van der Waals surface area contributed by atoms with E-state index in [1.807, 2.05) is 0 Å². The molecule has 0 aliphatic carbocycles. The first-order chi connectivity index (χ1) is 13.0. The van der Waals surface area contributed by atoms with Gasteiger partial charge in [0.05, 0.1) is 6.61 Å². The number of esters is 2. The van der Waals surface area contributed by atoms with Crippen molar-refractivity contribution < 1.29 is 23.9 Å². The van der Waals surface area contributed by atoms with Crippen LogP contribution in [0.1, 0.15) is 97.8 Å². The van der Waals surface area contributed by atoms with Crippen molar-refractivity contribution in [1.29, 1.82) is 0 Å². The molecule has 0 heterocycles. The van der Waals surface area contributed by atoms with Crippen molar-refractivity contribution in [1.82, 2.24) is 0 Å². The largest absolute Gasteiger partial charge is 0.463 e. The molecule has 27 heavy (non-hydrogen) atoms. The molecule has 0 aromatic heterocycles. The highest BCUT2D eigenvalue weighted by molar-refractivity contribution is 5.93. The van der Waals surface area contributed by atoms with Gasteiger partial charge in [0.2, 0.25) is 0 Å². The summed E-state index contributed by atoms with van der Waals surface area (Å²) in [4.78, 5) is 33.8. The summed E-state index contributed by atoms with van der Waals surface area (Å²) in [6, 6.07) is 0. The standard InChI is InChI=1S/C22H38O5/c1-4-5-6-7-8-9-10-11-12-13-14-15-18-26-21(24)16-17-22(25)27-20(3)19(2)23/h16-17,20H,4-15,18H2,1-3H3/b17-16+. The molecule has 0 bridgehead atoms. The minimum absolute atomic E-state index is 0.244. The minimum atomic E-state index is -0.806. The molecule has 0 aromatic rings. The van der Waals surface area contributed by atoms with Gasteiger partial charge in [-0.05, 0) is 20.3 Å². The van der Waals surface area contributed by atoms with E-state index in [2.05, 4.69) is 6.92 Å². The van der Waals surface area contributed by atoms with Crippen LogP contribution >= 0.6 is 0 Å². The smallest absolute Gasteiger partial charge is 0.331 e. The average Bonchev–Trinajstić information content (AvgIpc) is 2.63. The first kappa shape index (κ1) is 25.4. The van der Waals surface area contributed by atoms with Crippen molar-refractivity contribution in [2.24, 2.45) is 0 Å². The number of ketones is 1. The Morgan fingerprint density at radius 3 is 1.67 bits per heavy atom. The molecular weight excluding hydrogens is 344 g/mol. The summed E-state index contributed by atoms with van der Waals surface area (Å²) >= 11 is 0. The molecule has 0 amide bonds. The van der Waals surface area contributed by atoms with Crippen molar-refractivity contribution in [3.63, 3.8) is 0 Å². The number of ether oxygens (including phenoxy) is 2. The lowest BCUT2D eigenvalue weighted by Crippen LogP contribution is -2.20. The molecular formula is C22H38O5. The molecule has 1 unspecified atom stereocenters. The van der Waals surface area contributed by atoms with Crippen LogP contribution < -0.4 is 0 Å². The molecule has 1 atom stereocenters. The summed E-state index contributed by atoms with van der Waals surface area (Å²) in [5.41, 5.74) is 0. The minimum Gasteiger partial charge on any atom is -0.463 e. The highest BCUT2D eigenvalue weighted by Gasteiger charge is 2.11. The second-order valence-electron chi connectivity index (χ2n) is 7.08. The lowest BCUT2D eigenvalue weighted by molar-refractivity contribution is -0.148. The number of carbonyl (C=O) groups excluding carboxylic acids is 3. The summed E-state index contributed by atoms with van der Waals surface area (Å²) in [5, 5.41) is 0. The van der Waals surface area contributed by atoms with Crippen LogP contribution in [0.3, 0.4) is 0 Å². The van der Waals surface area contributed by atoms with E-state index in [-0.39, 0.29) is 5.78 Å². The highest BCUT2D eigenvalue weighted by Crippen LogP contribution is 2.11. The van der Waals surface area contributed by atoms with Gasteiger partial charge >= 0.3 is 11.9 Å². The maximum Gasteiger partial charge on any atom is 0.331 e. The van der Waals surface area contributed by atoms with E-state index in [0.29, 0.717) is 6.61 Å². The molecule has 0 N–H and O–H groups in total. The Labute approximate surface area is 164 Å². The van der Waals surface area contributed by atoms with E-state index in [9.17, 15) is 14.4 Å². The summed E-state index contributed by atoms with van der Waals surface area (Å²) in [6.45, 7) is 5.43. The number of carbonyl (C=O) groups is 3. The molecule has 0 rings (SSSR count). The van der Waals surface area contributed by atoms with Crippen molar-refractivity contribution in [2.45, 2.75) is 104 Å². The average molecular weight is 383 g/mol. The van der Waals surface area contributed by atoms with Gasteiger partial charge in [-0.1, -0.05) is 77.6 Å².